The fourth-order valence-electron chi connectivity index (χ4n) is 3.06. The number of aromatic amines is 1. The molecule has 2 aromatic heterocycles. The Hall–Kier alpha value is -1.62. The van der Waals surface area contributed by atoms with Gasteiger partial charge in [0.25, 0.3) is 0 Å². The highest BCUT2D eigenvalue weighted by Crippen LogP contribution is 2.42. The Morgan fingerprint density at radius 2 is 2.06 bits per heavy atom. The molecule has 2 aromatic rings. The van der Waals surface area contributed by atoms with Crippen molar-refractivity contribution in [2.45, 2.75) is 12.8 Å². The molecular weight excluding hydrogens is 228 g/mol. The summed E-state index contributed by atoms with van der Waals surface area (Å²) in [5.74, 6) is 0. The fraction of sp³-hybridized carbons (Fsp3) is 0.538. The molecule has 94 valence electrons. The molecule has 0 bridgehead atoms. The summed E-state index contributed by atoms with van der Waals surface area (Å²) in [6.45, 7) is 4.13. The van der Waals surface area contributed by atoms with Crippen LogP contribution in [0, 0.1) is 5.41 Å². The third-order valence-corrected chi connectivity index (χ3v) is 4.25. The molecule has 2 aliphatic heterocycles. The maximum Gasteiger partial charge on any atom is 0.155 e. The number of anilines is 1. The van der Waals surface area contributed by atoms with Gasteiger partial charge in [0.15, 0.2) is 5.65 Å². The lowest BCUT2D eigenvalue weighted by Crippen LogP contribution is -2.58. The van der Waals surface area contributed by atoms with Gasteiger partial charge < -0.3 is 9.64 Å². The average Bonchev–Trinajstić information content (AvgIpc) is 2.84. The Morgan fingerprint density at radius 1 is 1.22 bits per heavy atom. The molecule has 5 heteroatoms. The number of rotatable bonds is 1. The molecule has 1 spiro atoms. The normalized spacial score (nSPS) is 22.3. The molecule has 0 aromatic carbocycles. The highest BCUT2D eigenvalue weighted by atomic mass is 16.5. The first kappa shape index (κ1) is 10.3. The number of ether oxygens (including phenoxy) is 1. The van der Waals surface area contributed by atoms with E-state index < -0.39 is 0 Å². The van der Waals surface area contributed by atoms with Crippen LogP contribution in [0.25, 0.3) is 11.0 Å². The summed E-state index contributed by atoms with van der Waals surface area (Å²) in [5.41, 5.74) is 2.57. The molecule has 0 unspecified atom stereocenters. The molecule has 18 heavy (non-hydrogen) atoms. The number of aromatic nitrogens is 3. The second-order valence-electron chi connectivity index (χ2n) is 5.47. The summed E-state index contributed by atoms with van der Waals surface area (Å²) in [5, 5.41) is 7.97. The number of hydrogen-bond donors (Lipinski definition) is 1. The van der Waals surface area contributed by atoms with Crippen molar-refractivity contribution < 1.29 is 4.74 Å². The zero-order valence-corrected chi connectivity index (χ0v) is 10.2. The van der Waals surface area contributed by atoms with Crippen molar-refractivity contribution >= 4 is 16.7 Å². The van der Waals surface area contributed by atoms with Crippen LogP contribution in [-0.4, -0.2) is 41.5 Å². The lowest BCUT2D eigenvalue weighted by Gasteiger charge is -2.53. The molecular formula is C13H16N4O. The van der Waals surface area contributed by atoms with E-state index in [0.29, 0.717) is 5.41 Å². The maximum atomic E-state index is 5.45. The quantitative estimate of drug-likeness (QED) is 0.827. The average molecular weight is 244 g/mol. The van der Waals surface area contributed by atoms with E-state index >= 15 is 0 Å². The molecule has 4 rings (SSSR count). The Bertz CT molecular complexity index is 565. The number of nitrogens with one attached hydrogen (secondary N) is 1. The Kier molecular flexibility index (Phi) is 2.11. The van der Waals surface area contributed by atoms with Gasteiger partial charge in [-0.05, 0) is 18.9 Å². The van der Waals surface area contributed by atoms with Crippen LogP contribution in [0.3, 0.4) is 0 Å². The second-order valence-corrected chi connectivity index (χ2v) is 5.47. The van der Waals surface area contributed by atoms with Gasteiger partial charge in [-0.2, -0.15) is 5.10 Å². The molecule has 0 amide bonds. The van der Waals surface area contributed by atoms with Crippen LogP contribution < -0.4 is 4.90 Å². The van der Waals surface area contributed by atoms with Gasteiger partial charge in [0.1, 0.15) is 0 Å². The molecule has 0 radical (unpaired) electrons. The molecule has 4 heterocycles. The van der Waals surface area contributed by atoms with E-state index in [0.717, 1.165) is 37.3 Å². The second kappa shape index (κ2) is 3.68. The van der Waals surface area contributed by atoms with E-state index in [4.69, 9.17) is 4.74 Å². The van der Waals surface area contributed by atoms with Crippen LogP contribution in [0.2, 0.25) is 0 Å². The summed E-state index contributed by atoms with van der Waals surface area (Å²) in [7, 11) is 0. The summed E-state index contributed by atoms with van der Waals surface area (Å²) >= 11 is 0. The summed E-state index contributed by atoms with van der Waals surface area (Å²) in [6, 6.07) is 2.16. The first-order valence-corrected chi connectivity index (χ1v) is 6.47. The van der Waals surface area contributed by atoms with Gasteiger partial charge in [-0.25, -0.2) is 4.98 Å². The maximum absolute atomic E-state index is 5.45. The molecule has 2 aliphatic rings. The first-order valence-electron chi connectivity index (χ1n) is 6.47. The minimum Gasteiger partial charge on any atom is -0.381 e. The van der Waals surface area contributed by atoms with Crippen LogP contribution in [0.1, 0.15) is 12.8 Å². The minimum absolute atomic E-state index is 0.504. The van der Waals surface area contributed by atoms with Crippen molar-refractivity contribution in [2.75, 3.05) is 31.2 Å². The van der Waals surface area contributed by atoms with E-state index in [1.807, 2.05) is 12.4 Å². The minimum atomic E-state index is 0.504. The van der Waals surface area contributed by atoms with Gasteiger partial charge in [-0.1, -0.05) is 0 Å². The molecule has 0 aliphatic carbocycles. The Labute approximate surface area is 105 Å². The molecule has 2 fully saturated rings. The van der Waals surface area contributed by atoms with Crippen molar-refractivity contribution in [3.63, 3.8) is 0 Å². The highest BCUT2D eigenvalue weighted by molar-refractivity contribution is 5.78. The van der Waals surface area contributed by atoms with Crippen molar-refractivity contribution in [3.8, 4) is 0 Å². The van der Waals surface area contributed by atoms with Gasteiger partial charge >= 0.3 is 0 Å². The van der Waals surface area contributed by atoms with Gasteiger partial charge in [0.05, 0.1) is 18.1 Å². The fourth-order valence-corrected chi connectivity index (χ4v) is 3.06. The van der Waals surface area contributed by atoms with Crippen LogP contribution in [0.5, 0.6) is 0 Å². The van der Waals surface area contributed by atoms with Gasteiger partial charge in [-0.15, -0.1) is 0 Å². The summed E-state index contributed by atoms with van der Waals surface area (Å²) in [6.07, 6.45) is 6.16. The number of fused-ring (bicyclic) bond motifs is 1. The van der Waals surface area contributed by atoms with Gasteiger partial charge in [0.2, 0.25) is 0 Å². The smallest absolute Gasteiger partial charge is 0.155 e. The summed E-state index contributed by atoms with van der Waals surface area (Å²) in [4.78, 5) is 6.80. The zero-order chi connectivity index (χ0) is 12.0. The van der Waals surface area contributed by atoms with Crippen LogP contribution in [-0.2, 0) is 4.74 Å². The number of hydrogen-bond acceptors (Lipinski definition) is 4. The molecule has 1 N–H and O–H groups in total. The highest BCUT2D eigenvalue weighted by Gasteiger charge is 2.43. The molecule has 0 saturated carbocycles. The van der Waals surface area contributed by atoms with E-state index in [1.165, 1.54) is 18.5 Å². The Morgan fingerprint density at radius 3 is 2.89 bits per heavy atom. The third-order valence-electron chi connectivity index (χ3n) is 4.25. The van der Waals surface area contributed by atoms with E-state index in [1.54, 1.807) is 0 Å². The van der Waals surface area contributed by atoms with Crippen molar-refractivity contribution in [1.82, 2.24) is 15.2 Å². The topological polar surface area (TPSA) is 54.0 Å². The monoisotopic (exact) mass is 244 g/mol. The van der Waals surface area contributed by atoms with Crippen molar-refractivity contribution in [3.05, 3.63) is 18.5 Å². The standard InChI is InChI=1S/C13H16N4O/c1-3-18-4-2-13(1)8-17(9-13)11-5-10-6-15-16-12(10)14-7-11/h5-7H,1-4,8-9H2,(H,14,15,16). The lowest BCUT2D eigenvalue weighted by atomic mass is 9.73. The molecule has 2 saturated heterocycles. The SMILES string of the molecule is c1nc2[nH]ncc2cc1N1CC2(CCOCC2)C1. The van der Waals surface area contributed by atoms with Crippen LogP contribution in [0.4, 0.5) is 5.69 Å². The number of H-pyrrole nitrogens is 1. The zero-order valence-electron chi connectivity index (χ0n) is 10.2. The van der Waals surface area contributed by atoms with Crippen LogP contribution >= 0.6 is 0 Å². The summed E-state index contributed by atoms with van der Waals surface area (Å²) < 4.78 is 5.45. The van der Waals surface area contributed by atoms with Crippen molar-refractivity contribution in [2.24, 2.45) is 5.41 Å². The van der Waals surface area contributed by atoms with Gasteiger partial charge in [0, 0.05) is 37.1 Å². The van der Waals surface area contributed by atoms with E-state index in [-0.39, 0.29) is 0 Å². The third kappa shape index (κ3) is 1.50. The van der Waals surface area contributed by atoms with Gasteiger partial charge in [-0.3, -0.25) is 5.10 Å². The number of nitrogens with zero attached hydrogens (tertiary/aromatic N) is 3. The Balaban J connectivity index is 1.54. The molecule has 5 nitrogen and oxygen atoms in total. The predicted molar refractivity (Wildman–Crippen MR) is 68.6 cm³/mol. The molecule has 0 atom stereocenters. The number of pyridine rings is 1. The predicted octanol–water partition coefficient (Wildman–Crippen LogP) is 1.57. The van der Waals surface area contributed by atoms with E-state index in [9.17, 15) is 0 Å². The van der Waals surface area contributed by atoms with Crippen molar-refractivity contribution in [1.29, 1.82) is 0 Å². The van der Waals surface area contributed by atoms with Crippen LogP contribution in [0.15, 0.2) is 18.5 Å². The lowest BCUT2D eigenvalue weighted by molar-refractivity contribution is -0.000200. The van der Waals surface area contributed by atoms with E-state index in [2.05, 4.69) is 26.1 Å². The first-order chi connectivity index (χ1) is 8.85. The largest absolute Gasteiger partial charge is 0.381 e.